The van der Waals surface area contributed by atoms with Crippen molar-refractivity contribution in [1.82, 2.24) is 24.6 Å². The third-order valence-corrected chi connectivity index (χ3v) is 4.88. The lowest BCUT2D eigenvalue weighted by atomic mass is 10.2. The zero-order valence-corrected chi connectivity index (χ0v) is 16.1. The molecule has 1 N–H and O–H groups in total. The number of amides is 1. The molecule has 0 saturated carbocycles. The van der Waals surface area contributed by atoms with Gasteiger partial charge in [0.05, 0.1) is 17.8 Å². The molecule has 8 heteroatoms. The zero-order valence-electron chi connectivity index (χ0n) is 14.5. The van der Waals surface area contributed by atoms with Crippen molar-refractivity contribution in [3.05, 3.63) is 69.5 Å². The average molecular weight is 392 g/mol. The first-order valence-corrected chi connectivity index (χ1v) is 8.93. The summed E-state index contributed by atoms with van der Waals surface area (Å²) in [6, 6.07) is 7.48. The Kier molecular flexibility index (Phi) is 5.64. The number of aryl methyl sites for hydroxylation is 2. The molecule has 136 valence electrons. The molecule has 0 atom stereocenters. The molecule has 2 aromatic heterocycles. The van der Waals surface area contributed by atoms with Crippen LogP contribution >= 0.6 is 23.2 Å². The average Bonchev–Trinajstić information content (AvgIpc) is 3.13. The van der Waals surface area contributed by atoms with Gasteiger partial charge >= 0.3 is 0 Å². The van der Waals surface area contributed by atoms with Gasteiger partial charge in [-0.2, -0.15) is 5.10 Å². The quantitative estimate of drug-likeness (QED) is 0.701. The van der Waals surface area contributed by atoms with Crippen molar-refractivity contribution in [2.75, 3.05) is 6.54 Å². The maximum atomic E-state index is 12.5. The summed E-state index contributed by atoms with van der Waals surface area (Å²) < 4.78 is 3.51. The van der Waals surface area contributed by atoms with Gasteiger partial charge in [-0.25, -0.2) is 9.67 Å². The summed E-state index contributed by atoms with van der Waals surface area (Å²) in [4.78, 5) is 16.8. The highest BCUT2D eigenvalue weighted by Crippen LogP contribution is 2.23. The van der Waals surface area contributed by atoms with Crippen LogP contribution in [0, 0.1) is 6.92 Å². The third kappa shape index (κ3) is 3.92. The lowest BCUT2D eigenvalue weighted by Crippen LogP contribution is -2.27. The van der Waals surface area contributed by atoms with E-state index in [2.05, 4.69) is 15.4 Å². The summed E-state index contributed by atoms with van der Waals surface area (Å²) >= 11 is 12.6. The molecular formula is C18H19Cl2N5O. The summed E-state index contributed by atoms with van der Waals surface area (Å²) in [5.74, 6) is 0.662. The standard InChI is InChI=1S/C18H19Cl2N5O/c1-12-16(18(26)22-8-7-15-21-9-10-24(15)2)17(20)25(23-12)11-13-5-3-4-6-14(13)19/h3-6,9-10H,7-8,11H2,1-2H3,(H,22,26). The summed E-state index contributed by atoms with van der Waals surface area (Å²) in [6.07, 6.45) is 4.24. The summed E-state index contributed by atoms with van der Waals surface area (Å²) in [7, 11) is 1.92. The molecule has 6 nitrogen and oxygen atoms in total. The molecule has 0 unspecified atom stereocenters. The van der Waals surface area contributed by atoms with Gasteiger partial charge in [0.25, 0.3) is 5.91 Å². The maximum absolute atomic E-state index is 12.5. The Morgan fingerprint density at radius 1 is 1.27 bits per heavy atom. The van der Waals surface area contributed by atoms with Gasteiger partial charge in [-0.15, -0.1) is 0 Å². The van der Waals surface area contributed by atoms with Gasteiger partial charge in [0, 0.05) is 37.4 Å². The molecule has 26 heavy (non-hydrogen) atoms. The minimum absolute atomic E-state index is 0.243. The van der Waals surface area contributed by atoms with E-state index in [1.165, 1.54) is 0 Å². The first kappa shape index (κ1) is 18.5. The lowest BCUT2D eigenvalue weighted by molar-refractivity contribution is 0.0953. The van der Waals surface area contributed by atoms with E-state index in [1.807, 2.05) is 42.1 Å². The number of aromatic nitrogens is 4. The Morgan fingerprint density at radius 2 is 2.04 bits per heavy atom. The summed E-state index contributed by atoms with van der Waals surface area (Å²) in [6.45, 7) is 2.64. The first-order valence-electron chi connectivity index (χ1n) is 8.18. The predicted molar refractivity (Wildman–Crippen MR) is 102 cm³/mol. The first-order chi connectivity index (χ1) is 12.5. The number of nitrogens with one attached hydrogen (secondary N) is 1. The predicted octanol–water partition coefficient (Wildman–Crippen LogP) is 3.25. The topological polar surface area (TPSA) is 64.7 Å². The van der Waals surface area contributed by atoms with E-state index in [4.69, 9.17) is 23.2 Å². The maximum Gasteiger partial charge on any atom is 0.256 e. The van der Waals surface area contributed by atoms with Crippen LogP contribution in [-0.2, 0) is 20.0 Å². The van der Waals surface area contributed by atoms with Crippen LogP contribution in [0.15, 0.2) is 36.7 Å². The van der Waals surface area contributed by atoms with E-state index in [1.54, 1.807) is 17.8 Å². The largest absolute Gasteiger partial charge is 0.351 e. The van der Waals surface area contributed by atoms with Crippen LogP contribution in [-0.4, -0.2) is 31.8 Å². The van der Waals surface area contributed by atoms with Crippen molar-refractivity contribution in [2.45, 2.75) is 19.9 Å². The number of carbonyl (C=O) groups excluding carboxylic acids is 1. The Balaban J connectivity index is 1.70. The molecular weight excluding hydrogens is 373 g/mol. The minimum Gasteiger partial charge on any atom is -0.351 e. The number of carbonyl (C=O) groups is 1. The number of imidazole rings is 1. The molecule has 3 rings (SSSR count). The van der Waals surface area contributed by atoms with Crippen molar-refractivity contribution >= 4 is 29.1 Å². The summed E-state index contributed by atoms with van der Waals surface area (Å²) in [5.41, 5.74) is 1.86. The van der Waals surface area contributed by atoms with E-state index >= 15 is 0 Å². The van der Waals surface area contributed by atoms with Crippen LogP contribution in [0.25, 0.3) is 0 Å². The van der Waals surface area contributed by atoms with Gasteiger partial charge in [-0.1, -0.05) is 41.4 Å². The van der Waals surface area contributed by atoms with E-state index < -0.39 is 0 Å². The Hall–Kier alpha value is -2.31. The third-order valence-electron chi connectivity index (χ3n) is 4.13. The Bertz CT molecular complexity index is 932. The van der Waals surface area contributed by atoms with Crippen LogP contribution in [0.1, 0.15) is 27.4 Å². The summed E-state index contributed by atoms with van der Waals surface area (Å²) in [5, 5.41) is 8.21. The highest BCUT2D eigenvalue weighted by molar-refractivity contribution is 6.33. The van der Waals surface area contributed by atoms with Crippen molar-refractivity contribution in [2.24, 2.45) is 7.05 Å². The fraction of sp³-hybridized carbons (Fsp3) is 0.278. The van der Waals surface area contributed by atoms with Crippen LogP contribution in [0.4, 0.5) is 0 Å². The van der Waals surface area contributed by atoms with Gasteiger partial charge in [0.2, 0.25) is 0 Å². The van der Waals surface area contributed by atoms with Crippen LogP contribution in [0.3, 0.4) is 0 Å². The minimum atomic E-state index is -0.243. The molecule has 1 amide bonds. The number of nitrogens with zero attached hydrogens (tertiary/aromatic N) is 4. The normalized spacial score (nSPS) is 10.9. The molecule has 0 saturated heterocycles. The van der Waals surface area contributed by atoms with Crippen LogP contribution < -0.4 is 5.32 Å². The molecule has 0 spiro atoms. The van der Waals surface area contributed by atoms with E-state index in [9.17, 15) is 4.79 Å². The van der Waals surface area contributed by atoms with E-state index in [-0.39, 0.29) is 5.91 Å². The van der Waals surface area contributed by atoms with Gasteiger partial charge < -0.3 is 9.88 Å². The van der Waals surface area contributed by atoms with Crippen molar-refractivity contribution in [3.8, 4) is 0 Å². The number of rotatable bonds is 6. The van der Waals surface area contributed by atoms with Crippen LogP contribution in [0.5, 0.6) is 0 Å². The smallest absolute Gasteiger partial charge is 0.256 e. The zero-order chi connectivity index (χ0) is 18.7. The van der Waals surface area contributed by atoms with Gasteiger partial charge in [-0.3, -0.25) is 4.79 Å². The molecule has 0 radical (unpaired) electrons. The van der Waals surface area contributed by atoms with Gasteiger partial charge in [0.1, 0.15) is 11.0 Å². The number of benzene rings is 1. The molecule has 3 aromatic rings. The second-order valence-electron chi connectivity index (χ2n) is 5.96. The molecule has 0 aliphatic heterocycles. The lowest BCUT2D eigenvalue weighted by Gasteiger charge is -2.07. The molecule has 0 bridgehead atoms. The highest BCUT2D eigenvalue weighted by atomic mass is 35.5. The van der Waals surface area contributed by atoms with Crippen molar-refractivity contribution in [3.63, 3.8) is 0 Å². The molecule has 0 fully saturated rings. The number of hydrogen-bond acceptors (Lipinski definition) is 3. The molecule has 1 aromatic carbocycles. The second-order valence-corrected chi connectivity index (χ2v) is 6.73. The van der Waals surface area contributed by atoms with Crippen molar-refractivity contribution in [1.29, 1.82) is 0 Å². The molecule has 2 heterocycles. The fourth-order valence-corrected chi connectivity index (χ4v) is 3.23. The monoisotopic (exact) mass is 391 g/mol. The van der Waals surface area contributed by atoms with E-state index in [0.29, 0.717) is 40.9 Å². The van der Waals surface area contributed by atoms with Crippen LogP contribution in [0.2, 0.25) is 10.2 Å². The van der Waals surface area contributed by atoms with Gasteiger partial charge in [0.15, 0.2) is 0 Å². The Morgan fingerprint density at radius 3 is 2.73 bits per heavy atom. The molecule has 0 aliphatic carbocycles. The Labute approximate surface area is 161 Å². The SMILES string of the molecule is Cc1nn(Cc2ccccc2Cl)c(Cl)c1C(=O)NCCc1nccn1C. The highest BCUT2D eigenvalue weighted by Gasteiger charge is 2.20. The molecule has 0 aliphatic rings. The van der Waals surface area contributed by atoms with E-state index in [0.717, 1.165) is 11.4 Å². The number of halogens is 2. The van der Waals surface area contributed by atoms with Crippen molar-refractivity contribution < 1.29 is 4.79 Å². The fourth-order valence-electron chi connectivity index (χ4n) is 2.72. The van der Waals surface area contributed by atoms with Gasteiger partial charge in [-0.05, 0) is 18.6 Å². The second kappa shape index (κ2) is 7.93. The number of hydrogen-bond donors (Lipinski definition) is 1.